The van der Waals surface area contributed by atoms with Crippen LogP contribution in [-0.4, -0.2) is 40.6 Å². The van der Waals surface area contributed by atoms with Crippen molar-refractivity contribution in [2.45, 2.75) is 47.6 Å². The molecule has 0 aliphatic heterocycles. The Kier molecular flexibility index (Phi) is 5.64. The van der Waals surface area contributed by atoms with E-state index in [2.05, 4.69) is 10.1 Å². The monoisotopic (exact) mass is 362 g/mol. The Bertz CT molecular complexity index is 842. The first-order valence-electron chi connectivity index (χ1n) is 8.23. The number of nitrogens with zero attached hydrogens (tertiary/aromatic N) is 1. The van der Waals surface area contributed by atoms with Crippen molar-refractivity contribution in [1.29, 1.82) is 0 Å². The summed E-state index contributed by atoms with van der Waals surface area (Å²) in [7, 11) is 0. The smallest absolute Gasteiger partial charge is 0.344 e. The predicted molar refractivity (Wildman–Crippen MR) is 91.4 cm³/mol. The molecule has 2 rings (SSSR count). The van der Waals surface area contributed by atoms with E-state index in [1.165, 1.54) is 6.92 Å². The number of aromatic nitrogens is 2. The van der Waals surface area contributed by atoms with Gasteiger partial charge >= 0.3 is 11.9 Å². The molecule has 0 fully saturated rings. The number of carbonyl (C=O) groups is 3. The summed E-state index contributed by atoms with van der Waals surface area (Å²) >= 11 is 0. The molecule has 2 aromatic heterocycles. The van der Waals surface area contributed by atoms with E-state index in [-0.39, 0.29) is 17.9 Å². The highest BCUT2D eigenvalue weighted by Crippen LogP contribution is 2.22. The fraction of sp³-hybridized carbons (Fsp3) is 0.444. The van der Waals surface area contributed by atoms with Gasteiger partial charge in [0.15, 0.2) is 6.10 Å². The number of rotatable bonds is 6. The van der Waals surface area contributed by atoms with Gasteiger partial charge < -0.3 is 19.0 Å². The highest BCUT2D eigenvalue weighted by atomic mass is 16.5. The van der Waals surface area contributed by atoms with Crippen LogP contribution in [0.25, 0.3) is 0 Å². The van der Waals surface area contributed by atoms with Gasteiger partial charge in [-0.05, 0) is 47.1 Å². The van der Waals surface area contributed by atoms with E-state index in [0.29, 0.717) is 28.3 Å². The molecule has 26 heavy (non-hydrogen) atoms. The van der Waals surface area contributed by atoms with Gasteiger partial charge in [0, 0.05) is 5.69 Å². The molecule has 0 unspecified atom stereocenters. The standard InChI is InChI=1S/C18H22N2O6/c1-7-24-17(22)13-8(2)15(19-9(13)3)16(21)12(6)25-18(23)14-10(4)20-26-11(14)5/h12,19H,7H2,1-6H3/t12-/m0/s1. The third-order valence-electron chi connectivity index (χ3n) is 4.05. The van der Waals surface area contributed by atoms with Crippen molar-refractivity contribution < 1.29 is 28.4 Å². The van der Waals surface area contributed by atoms with Crippen LogP contribution in [0.4, 0.5) is 0 Å². The van der Waals surface area contributed by atoms with Crippen LogP contribution >= 0.6 is 0 Å². The molecule has 0 amide bonds. The Balaban J connectivity index is 2.22. The molecule has 8 nitrogen and oxygen atoms in total. The zero-order chi connectivity index (χ0) is 19.6. The van der Waals surface area contributed by atoms with E-state index in [4.69, 9.17) is 14.0 Å². The SMILES string of the molecule is CCOC(=O)c1c(C)[nH]c(C(=O)[C@H](C)OC(=O)c2c(C)noc2C)c1C. The molecule has 0 radical (unpaired) electrons. The number of Topliss-reactive ketones (excluding diaryl/α,β-unsaturated/α-hetero) is 1. The number of ether oxygens (including phenoxy) is 2. The fourth-order valence-electron chi connectivity index (χ4n) is 2.76. The van der Waals surface area contributed by atoms with Crippen molar-refractivity contribution in [3.63, 3.8) is 0 Å². The average molecular weight is 362 g/mol. The minimum atomic E-state index is -1.05. The lowest BCUT2D eigenvalue weighted by molar-refractivity contribution is 0.0314. The summed E-state index contributed by atoms with van der Waals surface area (Å²) in [5.74, 6) is -1.31. The van der Waals surface area contributed by atoms with Crippen LogP contribution in [0.2, 0.25) is 0 Å². The van der Waals surface area contributed by atoms with Gasteiger partial charge in [-0.2, -0.15) is 0 Å². The largest absolute Gasteiger partial charge is 0.462 e. The summed E-state index contributed by atoms with van der Waals surface area (Å²) in [6.45, 7) is 9.94. The normalized spacial score (nSPS) is 11.9. The zero-order valence-electron chi connectivity index (χ0n) is 15.7. The zero-order valence-corrected chi connectivity index (χ0v) is 15.7. The van der Waals surface area contributed by atoms with Crippen LogP contribution in [0, 0.1) is 27.7 Å². The molecule has 1 N–H and O–H groups in total. The van der Waals surface area contributed by atoms with Crippen molar-refractivity contribution >= 4 is 17.7 Å². The van der Waals surface area contributed by atoms with Gasteiger partial charge in [0.05, 0.1) is 23.6 Å². The number of aryl methyl sites for hydroxylation is 3. The second kappa shape index (κ2) is 7.55. The summed E-state index contributed by atoms with van der Waals surface area (Å²) < 4.78 is 15.2. The van der Waals surface area contributed by atoms with Gasteiger partial charge in [-0.3, -0.25) is 4.79 Å². The number of carbonyl (C=O) groups excluding carboxylic acids is 3. The van der Waals surface area contributed by atoms with Gasteiger partial charge in [0.25, 0.3) is 0 Å². The second-order valence-corrected chi connectivity index (χ2v) is 5.96. The lowest BCUT2D eigenvalue weighted by atomic mass is 10.1. The first kappa shape index (κ1) is 19.4. The van der Waals surface area contributed by atoms with Gasteiger partial charge in [-0.1, -0.05) is 5.16 Å². The molecule has 8 heteroatoms. The quantitative estimate of drug-likeness (QED) is 0.621. The molecule has 0 spiro atoms. The maximum atomic E-state index is 12.7. The Morgan fingerprint density at radius 1 is 1.12 bits per heavy atom. The number of nitrogens with one attached hydrogen (secondary N) is 1. The maximum absolute atomic E-state index is 12.7. The number of aromatic amines is 1. The molecule has 2 heterocycles. The molecule has 1 atom stereocenters. The van der Waals surface area contributed by atoms with Crippen LogP contribution in [0.1, 0.15) is 67.8 Å². The highest BCUT2D eigenvalue weighted by Gasteiger charge is 2.29. The van der Waals surface area contributed by atoms with Crippen LogP contribution in [-0.2, 0) is 9.47 Å². The Labute approximate surface area is 150 Å². The number of H-pyrrole nitrogens is 1. The second-order valence-electron chi connectivity index (χ2n) is 5.96. The van der Waals surface area contributed by atoms with Gasteiger partial charge in [-0.15, -0.1) is 0 Å². The van der Waals surface area contributed by atoms with Crippen molar-refractivity contribution in [3.8, 4) is 0 Å². The summed E-state index contributed by atoms with van der Waals surface area (Å²) in [4.78, 5) is 39.9. The van der Waals surface area contributed by atoms with Crippen molar-refractivity contribution in [3.05, 3.63) is 39.5 Å². The van der Waals surface area contributed by atoms with Gasteiger partial charge in [0.2, 0.25) is 5.78 Å². The fourth-order valence-corrected chi connectivity index (χ4v) is 2.76. The van der Waals surface area contributed by atoms with Crippen molar-refractivity contribution in [2.24, 2.45) is 0 Å². The Morgan fingerprint density at radius 3 is 2.31 bits per heavy atom. The number of ketones is 1. The third-order valence-corrected chi connectivity index (χ3v) is 4.05. The lowest BCUT2D eigenvalue weighted by Crippen LogP contribution is -2.25. The van der Waals surface area contributed by atoms with Crippen molar-refractivity contribution in [2.75, 3.05) is 6.61 Å². The summed E-state index contributed by atoms with van der Waals surface area (Å²) in [5, 5.41) is 3.70. The molecule has 2 aromatic rings. The molecular formula is C18H22N2O6. The van der Waals surface area contributed by atoms with Crippen LogP contribution < -0.4 is 0 Å². The minimum absolute atomic E-state index is 0.205. The summed E-state index contributed by atoms with van der Waals surface area (Å²) in [6, 6.07) is 0. The van der Waals surface area contributed by atoms with Crippen LogP contribution in [0.15, 0.2) is 4.52 Å². The third kappa shape index (κ3) is 3.54. The Hall–Kier alpha value is -2.90. The molecule has 0 saturated carbocycles. The van der Waals surface area contributed by atoms with Crippen LogP contribution in [0.5, 0.6) is 0 Å². The first-order valence-corrected chi connectivity index (χ1v) is 8.23. The summed E-state index contributed by atoms with van der Waals surface area (Å²) in [5.41, 5.74) is 2.11. The number of hydrogen-bond donors (Lipinski definition) is 1. The van der Waals surface area contributed by atoms with E-state index in [9.17, 15) is 14.4 Å². The van der Waals surface area contributed by atoms with Crippen LogP contribution in [0.3, 0.4) is 0 Å². The summed E-state index contributed by atoms with van der Waals surface area (Å²) in [6.07, 6.45) is -1.05. The minimum Gasteiger partial charge on any atom is -0.462 e. The molecule has 140 valence electrons. The van der Waals surface area contributed by atoms with E-state index >= 15 is 0 Å². The predicted octanol–water partition coefficient (Wildman–Crippen LogP) is 2.84. The highest BCUT2D eigenvalue weighted by molar-refractivity contribution is 6.04. The van der Waals surface area contributed by atoms with Gasteiger partial charge in [-0.25, -0.2) is 9.59 Å². The van der Waals surface area contributed by atoms with E-state index in [0.717, 1.165) is 0 Å². The average Bonchev–Trinajstić information content (AvgIpc) is 3.05. The van der Waals surface area contributed by atoms with Crippen molar-refractivity contribution in [1.82, 2.24) is 10.1 Å². The van der Waals surface area contributed by atoms with E-state index < -0.39 is 23.8 Å². The molecule has 0 saturated heterocycles. The molecule has 0 aromatic carbocycles. The first-order chi connectivity index (χ1) is 12.2. The molecule has 0 aliphatic carbocycles. The maximum Gasteiger partial charge on any atom is 0.344 e. The number of esters is 2. The molecule has 0 bridgehead atoms. The molecule has 0 aliphatic rings. The van der Waals surface area contributed by atoms with Gasteiger partial charge in [0.1, 0.15) is 11.3 Å². The topological polar surface area (TPSA) is 111 Å². The van der Waals surface area contributed by atoms with E-state index in [1.54, 1.807) is 34.6 Å². The number of hydrogen-bond acceptors (Lipinski definition) is 7. The molecular weight excluding hydrogens is 340 g/mol. The lowest BCUT2D eigenvalue weighted by Gasteiger charge is -2.12. The Morgan fingerprint density at radius 2 is 1.77 bits per heavy atom. The van der Waals surface area contributed by atoms with E-state index in [1.807, 2.05) is 0 Å².